The Bertz CT molecular complexity index is 890. The van der Waals surface area contributed by atoms with Gasteiger partial charge in [0.05, 0.1) is 11.0 Å². The number of benzene rings is 1. The summed E-state index contributed by atoms with van der Waals surface area (Å²) in [4.78, 5) is 23.2. The van der Waals surface area contributed by atoms with Crippen molar-refractivity contribution in [3.63, 3.8) is 0 Å². The average molecular weight is 351 g/mol. The third-order valence-electron chi connectivity index (χ3n) is 5.44. The molecular formula is C20H25N5O. The van der Waals surface area contributed by atoms with Gasteiger partial charge in [0.25, 0.3) is 0 Å². The Kier molecular flexibility index (Phi) is 4.49. The van der Waals surface area contributed by atoms with Gasteiger partial charge in [0, 0.05) is 31.4 Å². The Balaban J connectivity index is 1.45. The summed E-state index contributed by atoms with van der Waals surface area (Å²) in [7, 11) is 0. The molecule has 0 bridgehead atoms. The van der Waals surface area contributed by atoms with Gasteiger partial charge in [-0.3, -0.25) is 9.48 Å². The van der Waals surface area contributed by atoms with Gasteiger partial charge in [0.1, 0.15) is 11.9 Å². The molecule has 0 spiro atoms. The monoisotopic (exact) mass is 351 g/mol. The van der Waals surface area contributed by atoms with Crippen molar-refractivity contribution in [2.75, 3.05) is 13.1 Å². The first-order valence-corrected chi connectivity index (χ1v) is 9.40. The second-order valence-corrected chi connectivity index (χ2v) is 7.10. The van der Waals surface area contributed by atoms with Crippen molar-refractivity contribution >= 4 is 16.9 Å². The maximum absolute atomic E-state index is 12.9. The summed E-state index contributed by atoms with van der Waals surface area (Å²) in [6, 6.07) is 7.89. The predicted octanol–water partition coefficient (Wildman–Crippen LogP) is 3.43. The molecule has 0 aliphatic carbocycles. The van der Waals surface area contributed by atoms with E-state index in [1.54, 1.807) is 10.9 Å². The zero-order valence-corrected chi connectivity index (χ0v) is 15.4. The molecule has 6 nitrogen and oxygen atoms in total. The lowest BCUT2D eigenvalue weighted by Crippen LogP contribution is -2.42. The van der Waals surface area contributed by atoms with Gasteiger partial charge in [0.2, 0.25) is 5.91 Å². The van der Waals surface area contributed by atoms with E-state index < -0.39 is 0 Å². The molecule has 4 rings (SSSR count). The number of aromatic amines is 1. The van der Waals surface area contributed by atoms with Crippen molar-refractivity contribution in [2.24, 2.45) is 0 Å². The number of hydrogen-bond donors (Lipinski definition) is 1. The highest BCUT2D eigenvalue weighted by Gasteiger charge is 2.30. The molecule has 1 N–H and O–H groups in total. The van der Waals surface area contributed by atoms with Crippen LogP contribution in [-0.2, 0) is 4.79 Å². The first kappa shape index (κ1) is 16.8. The number of aromatic nitrogens is 4. The first-order chi connectivity index (χ1) is 12.7. The van der Waals surface area contributed by atoms with Gasteiger partial charge in [-0.25, -0.2) is 4.98 Å². The van der Waals surface area contributed by atoms with Crippen LogP contribution in [0.1, 0.15) is 49.5 Å². The summed E-state index contributed by atoms with van der Waals surface area (Å²) in [5, 5.41) is 4.25. The Labute approximate surface area is 153 Å². The van der Waals surface area contributed by atoms with Crippen LogP contribution < -0.4 is 0 Å². The number of carbonyl (C=O) groups is 1. The lowest BCUT2D eigenvalue weighted by atomic mass is 9.95. The minimum absolute atomic E-state index is 0.176. The van der Waals surface area contributed by atoms with E-state index in [1.807, 2.05) is 24.1 Å². The highest BCUT2D eigenvalue weighted by molar-refractivity contribution is 5.80. The van der Waals surface area contributed by atoms with E-state index in [9.17, 15) is 4.79 Å². The molecular weight excluding hydrogens is 326 g/mol. The summed E-state index contributed by atoms with van der Waals surface area (Å²) >= 11 is 0. The topological polar surface area (TPSA) is 66.8 Å². The number of rotatable bonds is 4. The first-order valence-electron chi connectivity index (χ1n) is 9.40. The van der Waals surface area contributed by atoms with Crippen LogP contribution in [0.25, 0.3) is 11.0 Å². The highest BCUT2D eigenvalue weighted by atomic mass is 16.2. The molecule has 6 heteroatoms. The maximum Gasteiger partial charge on any atom is 0.247 e. The van der Waals surface area contributed by atoms with E-state index >= 15 is 0 Å². The number of nitrogens with one attached hydrogen (secondary N) is 1. The molecule has 1 fully saturated rings. The van der Waals surface area contributed by atoms with Crippen LogP contribution in [0.2, 0.25) is 0 Å². The van der Waals surface area contributed by atoms with Crippen molar-refractivity contribution in [2.45, 2.75) is 45.1 Å². The number of amides is 1. The van der Waals surface area contributed by atoms with Crippen molar-refractivity contribution in [1.82, 2.24) is 24.6 Å². The van der Waals surface area contributed by atoms with E-state index in [4.69, 9.17) is 4.98 Å². The smallest absolute Gasteiger partial charge is 0.247 e. The normalized spacial score (nSPS) is 16.9. The number of hydrogen-bond acceptors (Lipinski definition) is 3. The van der Waals surface area contributed by atoms with Gasteiger partial charge in [-0.05, 0) is 43.9 Å². The summed E-state index contributed by atoms with van der Waals surface area (Å²) in [6.07, 6.45) is 6.24. The molecule has 1 aromatic carbocycles. The minimum Gasteiger partial charge on any atom is -0.342 e. The molecule has 26 heavy (non-hydrogen) atoms. The van der Waals surface area contributed by atoms with Gasteiger partial charge in [0.15, 0.2) is 0 Å². The average Bonchev–Trinajstić information content (AvgIpc) is 3.33. The second-order valence-electron chi connectivity index (χ2n) is 7.10. The molecule has 2 aromatic heterocycles. The SMILES string of the molecule is CC[C@H](C(=O)N1CCC(c2nc3c(C)cccc3[nH]2)CC1)n1cccn1. The van der Waals surface area contributed by atoms with Crippen LogP contribution in [0.15, 0.2) is 36.7 Å². The lowest BCUT2D eigenvalue weighted by molar-refractivity contribution is -0.136. The Morgan fingerprint density at radius 3 is 2.77 bits per heavy atom. The standard InChI is InChI=1S/C20H25N5O/c1-3-17(25-11-5-10-21-25)20(26)24-12-8-15(9-13-24)19-22-16-7-4-6-14(2)18(16)23-19/h4-7,10-11,15,17H,3,8-9,12-13H2,1-2H3,(H,22,23)/t17-/m1/s1. The fraction of sp³-hybridized carbons (Fsp3) is 0.450. The molecule has 0 saturated carbocycles. The lowest BCUT2D eigenvalue weighted by Gasteiger charge is -2.33. The maximum atomic E-state index is 12.9. The minimum atomic E-state index is -0.199. The number of nitrogens with zero attached hydrogens (tertiary/aromatic N) is 4. The summed E-state index contributed by atoms with van der Waals surface area (Å²) in [5.74, 6) is 1.62. The number of aryl methyl sites for hydroxylation is 1. The van der Waals surface area contributed by atoms with Crippen LogP contribution in [0.5, 0.6) is 0 Å². The molecule has 3 aromatic rings. The molecule has 136 valence electrons. The molecule has 3 heterocycles. The molecule has 0 radical (unpaired) electrons. The molecule has 1 atom stereocenters. The summed E-state index contributed by atoms with van der Waals surface area (Å²) < 4.78 is 1.77. The van der Waals surface area contributed by atoms with Crippen LogP contribution in [-0.4, -0.2) is 43.6 Å². The van der Waals surface area contributed by atoms with E-state index in [0.29, 0.717) is 5.92 Å². The fourth-order valence-electron chi connectivity index (χ4n) is 3.91. The van der Waals surface area contributed by atoms with E-state index in [1.165, 1.54) is 5.56 Å². The number of imidazole rings is 1. The van der Waals surface area contributed by atoms with Gasteiger partial charge >= 0.3 is 0 Å². The molecule has 1 aliphatic rings. The molecule has 1 aliphatic heterocycles. The van der Waals surface area contributed by atoms with Crippen molar-refractivity contribution in [1.29, 1.82) is 0 Å². The van der Waals surface area contributed by atoms with Crippen LogP contribution in [0.4, 0.5) is 0 Å². The number of piperidine rings is 1. The highest BCUT2D eigenvalue weighted by Crippen LogP contribution is 2.29. The predicted molar refractivity (Wildman–Crippen MR) is 101 cm³/mol. The quantitative estimate of drug-likeness (QED) is 0.783. The molecule has 0 unspecified atom stereocenters. The van der Waals surface area contributed by atoms with Gasteiger partial charge in [-0.2, -0.15) is 5.10 Å². The number of H-pyrrole nitrogens is 1. The van der Waals surface area contributed by atoms with E-state index in [2.05, 4.69) is 35.2 Å². The van der Waals surface area contributed by atoms with Crippen LogP contribution in [0, 0.1) is 6.92 Å². The van der Waals surface area contributed by atoms with Crippen molar-refractivity contribution < 1.29 is 4.79 Å². The Morgan fingerprint density at radius 2 is 2.12 bits per heavy atom. The molecule has 1 amide bonds. The second kappa shape index (κ2) is 6.94. The third-order valence-corrected chi connectivity index (χ3v) is 5.44. The van der Waals surface area contributed by atoms with Crippen molar-refractivity contribution in [3.8, 4) is 0 Å². The zero-order valence-electron chi connectivity index (χ0n) is 15.4. The van der Waals surface area contributed by atoms with Crippen LogP contribution in [0.3, 0.4) is 0 Å². The van der Waals surface area contributed by atoms with Crippen molar-refractivity contribution in [3.05, 3.63) is 48.0 Å². The summed E-state index contributed by atoms with van der Waals surface area (Å²) in [5.41, 5.74) is 3.36. The molecule has 1 saturated heterocycles. The van der Waals surface area contributed by atoms with E-state index in [0.717, 1.165) is 49.2 Å². The van der Waals surface area contributed by atoms with Gasteiger partial charge in [-0.15, -0.1) is 0 Å². The zero-order chi connectivity index (χ0) is 18.1. The van der Waals surface area contributed by atoms with Gasteiger partial charge in [-0.1, -0.05) is 19.1 Å². The fourth-order valence-corrected chi connectivity index (χ4v) is 3.91. The number of fused-ring (bicyclic) bond motifs is 1. The third kappa shape index (κ3) is 3.00. The largest absolute Gasteiger partial charge is 0.342 e. The van der Waals surface area contributed by atoms with Gasteiger partial charge < -0.3 is 9.88 Å². The summed E-state index contributed by atoms with van der Waals surface area (Å²) in [6.45, 7) is 5.68. The number of likely N-dealkylation sites (tertiary alicyclic amines) is 1. The van der Waals surface area contributed by atoms with Crippen LogP contribution >= 0.6 is 0 Å². The number of carbonyl (C=O) groups excluding carboxylic acids is 1. The van der Waals surface area contributed by atoms with E-state index in [-0.39, 0.29) is 11.9 Å². The Morgan fingerprint density at radius 1 is 1.31 bits per heavy atom. The Hall–Kier alpha value is -2.63. The number of para-hydroxylation sites is 1.